The van der Waals surface area contributed by atoms with Gasteiger partial charge in [0.05, 0.1) is 12.7 Å². The van der Waals surface area contributed by atoms with Crippen LogP contribution in [0.4, 0.5) is 5.82 Å². The maximum Gasteiger partial charge on any atom is 0.260 e. The van der Waals surface area contributed by atoms with Crippen molar-refractivity contribution in [1.29, 1.82) is 0 Å². The molecular formula is C12H9Cl2N3O2. The Labute approximate surface area is 119 Å². The van der Waals surface area contributed by atoms with E-state index in [4.69, 9.17) is 27.9 Å². The molecule has 1 amide bonds. The summed E-state index contributed by atoms with van der Waals surface area (Å²) in [4.78, 5) is 19.7. The predicted molar refractivity (Wildman–Crippen MR) is 73.0 cm³/mol. The Morgan fingerprint density at radius 2 is 2.05 bits per heavy atom. The summed E-state index contributed by atoms with van der Waals surface area (Å²) in [6.45, 7) is 0. The highest BCUT2D eigenvalue weighted by atomic mass is 35.5. The second-order valence-electron chi connectivity index (χ2n) is 3.52. The second-order valence-corrected chi connectivity index (χ2v) is 4.35. The van der Waals surface area contributed by atoms with Crippen molar-refractivity contribution < 1.29 is 9.53 Å². The van der Waals surface area contributed by atoms with Gasteiger partial charge in [0.1, 0.15) is 23.0 Å². The third kappa shape index (κ3) is 3.33. The van der Waals surface area contributed by atoms with Crippen LogP contribution in [-0.4, -0.2) is 23.0 Å². The second kappa shape index (κ2) is 5.86. The number of aromatic nitrogens is 2. The number of benzene rings is 1. The Kier molecular flexibility index (Phi) is 4.19. The highest BCUT2D eigenvalue weighted by molar-refractivity contribution is 6.31. The van der Waals surface area contributed by atoms with Gasteiger partial charge in [-0.15, -0.1) is 0 Å². The first-order valence-corrected chi connectivity index (χ1v) is 5.98. The predicted octanol–water partition coefficient (Wildman–Crippen LogP) is 3.04. The SMILES string of the molecule is COc1cc(Cl)ccc1C(=O)Nc1cc(Cl)ncn1. The number of hydrogen-bond acceptors (Lipinski definition) is 4. The van der Waals surface area contributed by atoms with Gasteiger partial charge in [0.2, 0.25) is 0 Å². The fraction of sp³-hybridized carbons (Fsp3) is 0.0833. The number of carbonyl (C=O) groups excluding carboxylic acids is 1. The summed E-state index contributed by atoms with van der Waals surface area (Å²) in [6, 6.07) is 6.18. The van der Waals surface area contributed by atoms with E-state index in [2.05, 4.69) is 15.3 Å². The van der Waals surface area contributed by atoms with Crippen molar-refractivity contribution in [3.8, 4) is 5.75 Å². The van der Waals surface area contributed by atoms with Crippen molar-refractivity contribution in [2.75, 3.05) is 12.4 Å². The number of halogens is 2. The number of anilines is 1. The largest absolute Gasteiger partial charge is 0.496 e. The lowest BCUT2D eigenvalue weighted by Gasteiger charge is -2.09. The summed E-state index contributed by atoms with van der Waals surface area (Å²) in [5.41, 5.74) is 0.349. The average molecular weight is 298 g/mol. The summed E-state index contributed by atoms with van der Waals surface area (Å²) in [6.07, 6.45) is 1.26. The molecule has 1 aromatic carbocycles. The molecule has 2 rings (SSSR count). The first-order valence-electron chi connectivity index (χ1n) is 5.22. The fourth-order valence-corrected chi connectivity index (χ4v) is 1.75. The van der Waals surface area contributed by atoms with Gasteiger partial charge in [-0.1, -0.05) is 23.2 Å². The molecule has 2 aromatic rings. The van der Waals surface area contributed by atoms with E-state index in [0.29, 0.717) is 22.2 Å². The summed E-state index contributed by atoms with van der Waals surface area (Å²) in [5.74, 6) is 0.315. The Bertz CT molecular complexity index is 620. The summed E-state index contributed by atoms with van der Waals surface area (Å²) >= 11 is 11.5. The molecule has 0 saturated carbocycles. The number of carbonyl (C=O) groups is 1. The molecule has 7 heteroatoms. The number of hydrogen-bond donors (Lipinski definition) is 1. The van der Waals surface area contributed by atoms with E-state index in [1.165, 1.54) is 19.5 Å². The lowest BCUT2D eigenvalue weighted by atomic mass is 10.2. The molecule has 0 unspecified atom stereocenters. The molecular weight excluding hydrogens is 289 g/mol. The van der Waals surface area contributed by atoms with Crippen molar-refractivity contribution >= 4 is 34.9 Å². The molecule has 0 aliphatic heterocycles. The normalized spacial score (nSPS) is 10.1. The highest BCUT2D eigenvalue weighted by Gasteiger charge is 2.13. The molecule has 1 heterocycles. The van der Waals surface area contributed by atoms with E-state index in [0.717, 1.165) is 0 Å². The fourth-order valence-electron chi connectivity index (χ4n) is 1.44. The number of ether oxygens (including phenoxy) is 1. The van der Waals surface area contributed by atoms with Crippen LogP contribution < -0.4 is 10.1 Å². The third-order valence-corrected chi connectivity index (χ3v) is 2.73. The molecule has 0 fully saturated rings. The molecule has 1 N–H and O–H groups in total. The van der Waals surface area contributed by atoms with E-state index in [1.807, 2.05) is 0 Å². The van der Waals surface area contributed by atoms with Crippen molar-refractivity contribution in [1.82, 2.24) is 9.97 Å². The van der Waals surface area contributed by atoms with Crippen LogP contribution in [0.25, 0.3) is 0 Å². The quantitative estimate of drug-likeness (QED) is 0.885. The maximum absolute atomic E-state index is 12.1. The Balaban J connectivity index is 2.25. The van der Waals surface area contributed by atoms with Gasteiger partial charge >= 0.3 is 0 Å². The lowest BCUT2D eigenvalue weighted by Crippen LogP contribution is -2.14. The third-order valence-electron chi connectivity index (χ3n) is 2.28. The average Bonchev–Trinajstić information content (AvgIpc) is 2.38. The molecule has 0 radical (unpaired) electrons. The number of nitrogens with zero attached hydrogens (tertiary/aromatic N) is 2. The van der Waals surface area contributed by atoms with Crippen LogP contribution >= 0.6 is 23.2 Å². The zero-order valence-electron chi connectivity index (χ0n) is 9.85. The summed E-state index contributed by atoms with van der Waals surface area (Å²) in [7, 11) is 1.46. The van der Waals surface area contributed by atoms with Gasteiger partial charge < -0.3 is 10.1 Å². The van der Waals surface area contributed by atoms with Gasteiger partial charge in [-0.3, -0.25) is 4.79 Å². The van der Waals surface area contributed by atoms with E-state index < -0.39 is 0 Å². The standard InChI is InChI=1S/C12H9Cl2N3O2/c1-19-9-4-7(13)2-3-8(9)12(18)17-11-5-10(14)15-6-16-11/h2-6H,1H3,(H,15,16,17,18). The number of rotatable bonds is 3. The molecule has 0 aliphatic rings. The zero-order chi connectivity index (χ0) is 13.8. The maximum atomic E-state index is 12.1. The van der Waals surface area contributed by atoms with Crippen LogP contribution in [0.1, 0.15) is 10.4 Å². The van der Waals surface area contributed by atoms with E-state index >= 15 is 0 Å². The van der Waals surface area contributed by atoms with Crippen LogP contribution in [0.3, 0.4) is 0 Å². The summed E-state index contributed by atoms with van der Waals surface area (Å²) < 4.78 is 5.10. The van der Waals surface area contributed by atoms with Crippen molar-refractivity contribution in [2.45, 2.75) is 0 Å². The molecule has 0 atom stereocenters. The molecule has 19 heavy (non-hydrogen) atoms. The molecule has 5 nitrogen and oxygen atoms in total. The Morgan fingerprint density at radius 1 is 1.26 bits per heavy atom. The van der Waals surface area contributed by atoms with Crippen molar-refractivity contribution in [3.05, 3.63) is 46.3 Å². The van der Waals surface area contributed by atoms with Gasteiger partial charge in [-0.25, -0.2) is 9.97 Å². The van der Waals surface area contributed by atoms with E-state index in [9.17, 15) is 4.79 Å². The number of nitrogens with one attached hydrogen (secondary N) is 1. The van der Waals surface area contributed by atoms with Crippen molar-refractivity contribution in [2.24, 2.45) is 0 Å². The molecule has 98 valence electrons. The highest BCUT2D eigenvalue weighted by Crippen LogP contribution is 2.24. The molecule has 1 aromatic heterocycles. The Hall–Kier alpha value is -1.85. The minimum Gasteiger partial charge on any atom is -0.496 e. The van der Waals surface area contributed by atoms with Gasteiger partial charge in [-0.05, 0) is 18.2 Å². The number of amides is 1. The van der Waals surface area contributed by atoms with E-state index in [-0.39, 0.29) is 11.1 Å². The summed E-state index contributed by atoms with van der Waals surface area (Å²) in [5, 5.41) is 3.32. The molecule has 0 saturated heterocycles. The topological polar surface area (TPSA) is 64.1 Å². The van der Waals surface area contributed by atoms with Crippen LogP contribution in [0, 0.1) is 0 Å². The molecule has 0 bridgehead atoms. The van der Waals surface area contributed by atoms with Crippen LogP contribution in [-0.2, 0) is 0 Å². The lowest BCUT2D eigenvalue weighted by molar-refractivity contribution is 0.102. The van der Waals surface area contributed by atoms with Crippen LogP contribution in [0.2, 0.25) is 10.2 Å². The van der Waals surface area contributed by atoms with Gasteiger partial charge in [-0.2, -0.15) is 0 Å². The monoisotopic (exact) mass is 297 g/mol. The minimum absolute atomic E-state index is 0.244. The van der Waals surface area contributed by atoms with Gasteiger partial charge in [0.15, 0.2) is 0 Å². The Morgan fingerprint density at radius 3 is 2.74 bits per heavy atom. The molecule has 0 spiro atoms. The molecule has 0 aliphatic carbocycles. The van der Waals surface area contributed by atoms with Crippen LogP contribution in [0.15, 0.2) is 30.6 Å². The number of methoxy groups -OCH3 is 1. The first-order chi connectivity index (χ1) is 9.10. The van der Waals surface area contributed by atoms with Gasteiger partial charge in [0.25, 0.3) is 5.91 Å². The van der Waals surface area contributed by atoms with Gasteiger partial charge in [0, 0.05) is 11.1 Å². The first kappa shape index (κ1) is 13.6. The van der Waals surface area contributed by atoms with E-state index in [1.54, 1.807) is 18.2 Å². The minimum atomic E-state index is -0.372. The zero-order valence-corrected chi connectivity index (χ0v) is 11.4. The van der Waals surface area contributed by atoms with Crippen molar-refractivity contribution in [3.63, 3.8) is 0 Å². The van der Waals surface area contributed by atoms with Crippen LogP contribution in [0.5, 0.6) is 5.75 Å². The smallest absolute Gasteiger partial charge is 0.260 e.